The first-order chi connectivity index (χ1) is 14.5. The number of rotatable bonds is 7. The molecule has 0 radical (unpaired) electrons. The SMILES string of the molecule is Cc1ccc(S(=O)(=O)N2CCCC2)cc1C(=O)NCCCn1ccc2ccccc21. The molecule has 30 heavy (non-hydrogen) atoms. The average Bonchev–Trinajstić information content (AvgIpc) is 3.42. The second kappa shape index (κ2) is 8.62. The number of amides is 1. The summed E-state index contributed by atoms with van der Waals surface area (Å²) in [6, 6.07) is 15.1. The third-order valence-electron chi connectivity index (χ3n) is 5.70. The van der Waals surface area contributed by atoms with Gasteiger partial charge < -0.3 is 9.88 Å². The number of nitrogens with zero attached hydrogens (tertiary/aromatic N) is 2. The van der Waals surface area contributed by atoms with Crippen LogP contribution in [0, 0.1) is 6.92 Å². The van der Waals surface area contributed by atoms with Crippen molar-refractivity contribution in [3.63, 3.8) is 0 Å². The number of aromatic nitrogens is 1. The summed E-state index contributed by atoms with van der Waals surface area (Å²) >= 11 is 0. The van der Waals surface area contributed by atoms with Crippen LogP contribution in [-0.2, 0) is 16.6 Å². The lowest BCUT2D eigenvalue weighted by Gasteiger charge is -2.17. The molecule has 158 valence electrons. The van der Waals surface area contributed by atoms with Crippen LogP contribution in [0.4, 0.5) is 0 Å². The van der Waals surface area contributed by atoms with E-state index in [0.717, 1.165) is 31.4 Å². The molecule has 1 N–H and O–H groups in total. The average molecular weight is 426 g/mol. The first-order valence-corrected chi connectivity index (χ1v) is 11.8. The number of para-hydroxylation sites is 1. The third kappa shape index (κ3) is 4.13. The van der Waals surface area contributed by atoms with Gasteiger partial charge in [0.2, 0.25) is 10.0 Å². The van der Waals surface area contributed by atoms with Gasteiger partial charge in [0.1, 0.15) is 0 Å². The Morgan fingerprint density at radius 2 is 1.83 bits per heavy atom. The summed E-state index contributed by atoms with van der Waals surface area (Å²) in [6.07, 6.45) is 4.61. The van der Waals surface area contributed by atoms with Crippen molar-refractivity contribution in [2.75, 3.05) is 19.6 Å². The molecule has 6 nitrogen and oxygen atoms in total. The first kappa shape index (κ1) is 20.6. The van der Waals surface area contributed by atoms with Crippen LogP contribution in [0.1, 0.15) is 35.2 Å². The molecule has 0 saturated carbocycles. The van der Waals surface area contributed by atoms with E-state index < -0.39 is 10.0 Å². The van der Waals surface area contributed by atoms with Crippen molar-refractivity contribution < 1.29 is 13.2 Å². The molecule has 3 aromatic rings. The van der Waals surface area contributed by atoms with Gasteiger partial charge in [0.15, 0.2) is 0 Å². The normalized spacial score (nSPS) is 15.0. The fraction of sp³-hybridized carbons (Fsp3) is 0.348. The molecule has 1 aromatic heterocycles. The lowest BCUT2D eigenvalue weighted by atomic mass is 10.1. The van der Waals surface area contributed by atoms with Gasteiger partial charge in [0.25, 0.3) is 5.91 Å². The van der Waals surface area contributed by atoms with E-state index in [0.29, 0.717) is 25.2 Å². The Morgan fingerprint density at radius 1 is 1.07 bits per heavy atom. The standard InChI is InChI=1S/C23H27N3O3S/c1-18-9-10-20(30(28,29)26-14-4-5-15-26)17-21(18)23(27)24-12-6-13-25-16-11-19-7-2-3-8-22(19)25/h2-3,7-11,16-17H,4-6,12-15H2,1H3,(H,24,27). The molecule has 0 atom stereocenters. The van der Waals surface area contributed by atoms with Crippen molar-refractivity contribution in [3.8, 4) is 0 Å². The summed E-state index contributed by atoms with van der Waals surface area (Å²) in [7, 11) is -3.54. The molecule has 0 unspecified atom stereocenters. The van der Waals surface area contributed by atoms with Crippen molar-refractivity contribution in [1.29, 1.82) is 0 Å². The highest BCUT2D eigenvalue weighted by atomic mass is 32.2. The predicted octanol–water partition coefficient (Wildman–Crippen LogP) is 3.55. The zero-order chi connectivity index (χ0) is 21.1. The first-order valence-electron chi connectivity index (χ1n) is 10.4. The van der Waals surface area contributed by atoms with Gasteiger partial charge in [-0.05, 0) is 61.4 Å². The van der Waals surface area contributed by atoms with E-state index in [4.69, 9.17) is 0 Å². The highest BCUT2D eigenvalue weighted by Crippen LogP contribution is 2.23. The summed E-state index contributed by atoms with van der Waals surface area (Å²) in [5, 5.41) is 4.14. The fourth-order valence-electron chi connectivity index (χ4n) is 3.97. The molecule has 2 heterocycles. The Morgan fingerprint density at radius 3 is 2.63 bits per heavy atom. The number of sulfonamides is 1. The summed E-state index contributed by atoms with van der Waals surface area (Å²) in [6.45, 7) is 4.24. The maximum absolute atomic E-state index is 12.8. The van der Waals surface area contributed by atoms with Gasteiger partial charge in [-0.25, -0.2) is 8.42 Å². The molecular formula is C23H27N3O3S. The molecule has 0 spiro atoms. The third-order valence-corrected chi connectivity index (χ3v) is 7.59. The molecule has 1 fully saturated rings. The summed E-state index contributed by atoms with van der Waals surface area (Å²) < 4.78 is 29.3. The topological polar surface area (TPSA) is 71.4 Å². The number of aryl methyl sites for hydroxylation is 2. The molecule has 7 heteroatoms. The van der Waals surface area contributed by atoms with Gasteiger partial charge in [0.05, 0.1) is 4.90 Å². The van der Waals surface area contributed by atoms with E-state index in [9.17, 15) is 13.2 Å². The van der Waals surface area contributed by atoms with Crippen LogP contribution in [-0.4, -0.2) is 42.8 Å². The van der Waals surface area contributed by atoms with Gasteiger partial charge in [0, 0.05) is 43.5 Å². The molecule has 4 rings (SSSR count). The maximum atomic E-state index is 12.8. The molecule has 1 aliphatic heterocycles. The molecule has 0 aliphatic carbocycles. The van der Waals surface area contributed by atoms with Crippen LogP contribution < -0.4 is 5.32 Å². The fourth-order valence-corrected chi connectivity index (χ4v) is 5.51. The van der Waals surface area contributed by atoms with Gasteiger partial charge in [-0.1, -0.05) is 24.3 Å². The van der Waals surface area contributed by atoms with Gasteiger partial charge >= 0.3 is 0 Å². The Bertz CT molecular complexity index is 1160. The molecule has 0 bridgehead atoms. The minimum atomic E-state index is -3.54. The molecule has 2 aromatic carbocycles. The lowest BCUT2D eigenvalue weighted by molar-refractivity contribution is 0.0952. The van der Waals surface area contributed by atoms with Crippen LogP contribution in [0.5, 0.6) is 0 Å². The van der Waals surface area contributed by atoms with E-state index in [1.807, 2.05) is 19.1 Å². The van der Waals surface area contributed by atoms with E-state index >= 15 is 0 Å². The van der Waals surface area contributed by atoms with E-state index in [-0.39, 0.29) is 10.8 Å². The molecule has 1 saturated heterocycles. The number of nitrogens with one attached hydrogen (secondary N) is 1. The van der Waals surface area contributed by atoms with Crippen molar-refractivity contribution in [3.05, 3.63) is 65.9 Å². The van der Waals surface area contributed by atoms with E-state index in [1.165, 1.54) is 21.3 Å². The quantitative estimate of drug-likeness (QED) is 0.589. The number of benzene rings is 2. The van der Waals surface area contributed by atoms with Crippen LogP contribution in [0.15, 0.2) is 59.6 Å². The molecule has 1 aliphatic rings. The predicted molar refractivity (Wildman–Crippen MR) is 118 cm³/mol. The number of fused-ring (bicyclic) bond motifs is 1. The van der Waals surface area contributed by atoms with E-state index in [2.05, 4.69) is 34.3 Å². The lowest BCUT2D eigenvalue weighted by Crippen LogP contribution is -2.29. The van der Waals surface area contributed by atoms with Crippen molar-refractivity contribution in [2.45, 2.75) is 37.6 Å². The van der Waals surface area contributed by atoms with Gasteiger partial charge in [-0.15, -0.1) is 0 Å². The number of hydrogen-bond acceptors (Lipinski definition) is 3. The number of carbonyl (C=O) groups is 1. The monoisotopic (exact) mass is 425 g/mol. The summed E-state index contributed by atoms with van der Waals surface area (Å²) in [4.78, 5) is 12.9. The van der Waals surface area contributed by atoms with Crippen molar-refractivity contribution >= 4 is 26.8 Å². The Balaban J connectivity index is 1.39. The van der Waals surface area contributed by atoms with E-state index in [1.54, 1.807) is 12.1 Å². The van der Waals surface area contributed by atoms with Crippen LogP contribution in [0.3, 0.4) is 0 Å². The Hall–Kier alpha value is -2.64. The zero-order valence-electron chi connectivity index (χ0n) is 17.2. The Labute approximate surface area is 177 Å². The highest BCUT2D eigenvalue weighted by Gasteiger charge is 2.28. The highest BCUT2D eigenvalue weighted by molar-refractivity contribution is 7.89. The van der Waals surface area contributed by atoms with Gasteiger partial charge in [-0.3, -0.25) is 4.79 Å². The molecule has 1 amide bonds. The van der Waals surface area contributed by atoms with Crippen LogP contribution in [0.25, 0.3) is 10.9 Å². The minimum Gasteiger partial charge on any atom is -0.352 e. The Kier molecular flexibility index (Phi) is 5.92. The van der Waals surface area contributed by atoms with Crippen molar-refractivity contribution in [2.24, 2.45) is 0 Å². The summed E-state index contributed by atoms with van der Waals surface area (Å²) in [5.74, 6) is -0.233. The second-order valence-electron chi connectivity index (χ2n) is 7.77. The number of hydrogen-bond donors (Lipinski definition) is 1. The zero-order valence-corrected chi connectivity index (χ0v) is 18.0. The number of carbonyl (C=O) groups excluding carboxylic acids is 1. The maximum Gasteiger partial charge on any atom is 0.251 e. The van der Waals surface area contributed by atoms with Gasteiger partial charge in [-0.2, -0.15) is 4.31 Å². The van der Waals surface area contributed by atoms with Crippen LogP contribution >= 0.6 is 0 Å². The smallest absolute Gasteiger partial charge is 0.251 e. The minimum absolute atomic E-state index is 0.193. The molecular weight excluding hydrogens is 398 g/mol. The largest absolute Gasteiger partial charge is 0.352 e. The second-order valence-corrected chi connectivity index (χ2v) is 9.70. The van der Waals surface area contributed by atoms with Crippen molar-refractivity contribution in [1.82, 2.24) is 14.2 Å². The summed E-state index contributed by atoms with van der Waals surface area (Å²) in [5.41, 5.74) is 2.37. The van der Waals surface area contributed by atoms with Crippen LogP contribution in [0.2, 0.25) is 0 Å².